The molecule has 0 aliphatic carbocycles. The molecule has 3 aromatic rings. The van der Waals surface area contributed by atoms with Gasteiger partial charge in [0.05, 0.1) is 50.8 Å². The highest BCUT2D eigenvalue weighted by Crippen LogP contribution is 2.32. The standard InChI is InChI=1S/C23H23N5O6/c1-30-20-12-33-11-18(20)28-15(7-24)5-14-8-25-23(27-21(14)28)26-17-4-3-13(22(29)31-2)6-19(17)34-16-9-32-10-16/h3-6,8,16,18,20H,9-12H2,1-2H3,(H,25,26,27)/t18?,20-/m1/s1. The summed E-state index contributed by atoms with van der Waals surface area (Å²) >= 11 is 0. The first-order chi connectivity index (χ1) is 16.6. The van der Waals surface area contributed by atoms with Crippen molar-refractivity contribution in [2.45, 2.75) is 18.2 Å². The number of fused-ring (bicyclic) bond motifs is 1. The average Bonchev–Trinajstić information content (AvgIpc) is 3.44. The number of aromatic nitrogens is 3. The lowest BCUT2D eigenvalue weighted by Gasteiger charge is -2.28. The van der Waals surface area contributed by atoms with Crippen LogP contribution < -0.4 is 10.1 Å². The Morgan fingerprint density at radius 3 is 2.74 bits per heavy atom. The molecule has 1 aromatic carbocycles. The van der Waals surface area contributed by atoms with Gasteiger partial charge in [-0.25, -0.2) is 9.78 Å². The summed E-state index contributed by atoms with van der Waals surface area (Å²) < 4.78 is 29.0. The van der Waals surface area contributed by atoms with Crippen LogP contribution in [0.4, 0.5) is 11.6 Å². The molecule has 2 saturated heterocycles. The van der Waals surface area contributed by atoms with E-state index in [9.17, 15) is 10.1 Å². The quantitative estimate of drug-likeness (QED) is 0.518. The molecule has 5 rings (SSSR count). The highest BCUT2D eigenvalue weighted by Gasteiger charge is 2.33. The Morgan fingerprint density at radius 1 is 1.21 bits per heavy atom. The molecule has 34 heavy (non-hydrogen) atoms. The summed E-state index contributed by atoms with van der Waals surface area (Å²) in [6, 6.07) is 8.75. The number of carbonyl (C=O) groups is 1. The molecule has 2 aliphatic heterocycles. The van der Waals surface area contributed by atoms with Gasteiger partial charge in [-0.3, -0.25) is 0 Å². The van der Waals surface area contributed by atoms with Crippen LogP contribution in [0.2, 0.25) is 0 Å². The summed E-state index contributed by atoms with van der Waals surface area (Å²) in [5.41, 5.74) is 1.98. The number of benzene rings is 1. The number of nitriles is 1. The van der Waals surface area contributed by atoms with E-state index in [1.807, 2.05) is 4.57 Å². The first-order valence-corrected chi connectivity index (χ1v) is 10.7. The smallest absolute Gasteiger partial charge is 0.337 e. The third-order valence-electron chi connectivity index (χ3n) is 5.88. The van der Waals surface area contributed by atoms with E-state index in [1.54, 1.807) is 37.6 Å². The molecule has 2 aromatic heterocycles. The maximum Gasteiger partial charge on any atom is 0.337 e. The molecule has 0 saturated carbocycles. The van der Waals surface area contributed by atoms with E-state index in [-0.39, 0.29) is 18.2 Å². The zero-order valence-corrected chi connectivity index (χ0v) is 18.7. The van der Waals surface area contributed by atoms with Crippen molar-refractivity contribution in [1.82, 2.24) is 14.5 Å². The van der Waals surface area contributed by atoms with Crippen molar-refractivity contribution in [3.05, 3.63) is 41.7 Å². The van der Waals surface area contributed by atoms with Crippen molar-refractivity contribution in [3.8, 4) is 11.8 Å². The van der Waals surface area contributed by atoms with E-state index < -0.39 is 5.97 Å². The fourth-order valence-electron chi connectivity index (χ4n) is 4.03. The van der Waals surface area contributed by atoms with Crippen molar-refractivity contribution < 1.29 is 28.5 Å². The Balaban J connectivity index is 1.51. The van der Waals surface area contributed by atoms with Crippen molar-refractivity contribution in [1.29, 1.82) is 5.26 Å². The van der Waals surface area contributed by atoms with E-state index in [2.05, 4.69) is 21.4 Å². The maximum absolute atomic E-state index is 12.0. The van der Waals surface area contributed by atoms with Gasteiger partial charge in [-0.05, 0) is 24.3 Å². The van der Waals surface area contributed by atoms with E-state index in [4.69, 9.17) is 23.7 Å². The fourth-order valence-corrected chi connectivity index (χ4v) is 4.03. The van der Waals surface area contributed by atoms with E-state index in [0.717, 1.165) is 5.39 Å². The van der Waals surface area contributed by atoms with Gasteiger partial charge >= 0.3 is 5.97 Å². The average molecular weight is 465 g/mol. The number of ether oxygens (including phenoxy) is 5. The molecular formula is C23H23N5O6. The van der Waals surface area contributed by atoms with Gasteiger partial charge in [-0.1, -0.05) is 0 Å². The van der Waals surface area contributed by atoms with Crippen LogP contribution in [0.3, 0.4) is 0 Å². The molecule has 176 valence electrons. The van der Waals surface area contributed by atoms with Gasteiger partial charge in [-0.2, -0.15) is 10.2 Å². The Hall–Kier alpha value is -3.72. The topological polar surface area (TPSA) is 130 Å². The van der Waals surface area contributed by atoms with Crippen LogP contribution in [0.5, 0.6) is 5.75 Å². The lowest BCUT2D eigenvalue weighted by Crippen LogP contribution is -2.38. The van der Waals surface area contributed by atoms with Gasteiger partial charge in [0.2, 0.25) is 5.95 Å². The highest BCUT2D eigenvalue weighted by atomic mass is 16.6. The van der Waals surface area contributed by atoms with Gasteiger partial charge in [-0.15, -0.1) is 0 Å². The largest absolute Gasteiger partial charge is 0.483 e. The molecule has 2 aliphatic rings. The van der Waals surface area contributed by atoms with Crippen LogP contribution >= 0.6 is 0 Å². The second kappa shape index (κ2) is 9.26. The summed E-state index contributed by atoms with van der Waals surface area (Å²) in [5, 5.41) is 13.6. The molecule has 11 heteroatoms. The molecule has 0 radical (unpaired) electrons. The summed E-state index contributed by atoms with van der Waals surface area (Å²) in [6.45, 7) is 1.80. The minimum absolute atomic E-state index is 0.111. The maximum atomic E-state index is 12.0. The lowest BCUT2D eigenvalue weighted by atomic mass is 10.2. The van der Waals surface area contributed by atoms with Crippen molar-refractivity contribution >= 4 is 28.6 Å². The summed E-state index contributed by atoms with van der Waals surface area (Å²) in [7, 11) is 2.95. The van der Waals surface area contributed by atoms with Crippen LogP contribution in [0.1, 0.15) is 22.1 Å². The normalized spacial score (nSPS) is 20.0. The predicted molar refractivity (Wildman–Crippen MR) is 119 cm³/mol. The first kappa shape index (κ1) is 22.1. The number of methoxy groups -OCH3 is 2. The number of esters is 1. The summed E-state index contributed by atoms with van der Waals surface area (Å²) in [6.07, 6.45) is 1.35. The number of rotatable bonds is 7. The molecule has 1 N–H and O–H groups in total. The second-order valence-corrected chi connectivity index (χ2v) is 7.97. The van der Waals surface area contributed by atoms with Gasteiger partial charge in [0, 0.05) is 18.7 Å². The van der Waals surface area contributed by atoms with Gasteiger partial charge < -0.3 is 33.6 Å². The molecule has 1 unspecified atom stereocenters. The third-order valence-corrected chi connectivity index (χ3v) is 5.88. The van der Waals surface area contributed by atoms with Crippen LogP contribution in [0.15, 0.2) is 30.5 Å². The molecular weight excluding hydrogens is 442 g/mol. The van der Waals surface area contributed by atoms with Crippen molar-refractivity contribution in [2.24, 2.45) is 0 Å². The predicted octanol–water partition coefficient (Wildman–Crippen LogP) is 2.20. The fraction of sp³-hybridized carbons (Fsp3) is 0.391. The lowest BCUT2D eigenvalue weighted by molar-refractivity contribution is -0.0794. The van der Waals surface area contributed by atoms with Gasteiger partial charge in [0.1, 0.15) is 35.4 Å². The zero-order chi connectivity index (χ0) is 23.7. The van der Waals surface area contributed by atoms with E-state index in [1.165, 1.54) is 7.11 Å². The summed E-state index contributed by atoms with van der Waals surface area (Å²) in [5.74, 6) is 0.300. The molecule has 2 atom stereocenters. The Kier molecular flexibility index (Phi) is 6.02. The molecule has 4 heterocycles. The number of carbonyl (C=O) groups excluding carboxylic acids is 1. The van der Waals surface area contributed by atoms with Crippen LogP contribution in [-0.2, 0) is 18.9 Å². The first-order valence-electron chi connectivity index (χ1n) is 10.7. The van der Waals surface area contributed by atoms with Crippen molar-refractivity contribution in [2.75, 3.05) is 46.0 Å². The zero-order valence-electron chi connectivity index (χ0n) is 18.7. The third kappa shape index (κ3) is 4.03. The van der Waals surface area contributed by atoms with Crippen LogP contribution in [0, 0.1) is 11.3 Å². The monoisotopic (exact) mass is 465 g/mol. The minimum atomic E-state index is -0.465. The van der Waals surface area contributed by atoms with Gasteiger partial charge in [0.15, 0.2) is 0 Å². The minimum Gasteiger partial charge on any atom is -0.483 e. The highest BCUT2D eigenvalue weighted by molar-refractivity contribution is 5.91. The number of hydrogen-bond acceptors (Lipinski definition) is 10. The van der Waals surface area contributed by atoms with Crippen molar-refractivity contribution in [3.63, 3.8) is 0 Å². The van der Waals surface area contributed by atoms with Gasteiger partial charge in [0.25, 0.3) is 0 Å². The summed E-state index contributed by atoms with van der Waals surface area (Å²) in [4.78, 5) is 21.1. The Morgan fingerprint density at radius 2 is 2.03 bits per heavy atom. The number of nitrogens with zero attached hydrogens (tertiary/aromatic N) is 4. The second-order valence-electron chi connectivity index (χ2n) is 7.97. The number of anilines is 2. The molecule has 0 bridgehead atoms. The molecule has 0 amide bonds. The van der Waals surface area contributed by atoms with Crippen LogP contribution in [-0.4, -0.2) is 73.4 Å². The number of hydrogen-bond donors (Lipinski definition) is 1. The molecule has 11 nitrogen and oxygen atoms in total. The van der Waals surface area contributed by atoms with E-state index in [0.29, 0.717) is 60.7 Å². The Bertz CT molecular complexity index is 1260. The molecule has 0 spiro atoms. The number of nitrogens with one attached hydrogen (secondary N) is 1. The molecule has 2 fully saturated rings. The Labute approximate surface area is 195 Å². The van der Waals surface area contributed by atoms with E-state index >= 15 is 0 Å². The van der Waals surface area contributed by atoms with Crippen LogP contribution in [0.25, 0.3) is 11.0 Å². The SMILES string of the molecule is COC(=O)c1ccc(Nc2ncc3cc(C#N)n(C4COC[C@H]4OC)c3n2)c(OC2COC2)c1.